The van der Waals surface area contributed by atoms with Gasteiger partial charge in [-0.15, -0.1) is 0 Å². The van der Waals surface area contributed by atoms with Crippen LogP contribution in [0.2, 0.25) is 0 Å². The molecule has 0 spiro atoms. The first-order chi connectivity index (χ1) is 17.1. The number of hydrogen-bond donors (Lipinski definition) is 0. The number of carbonyl (C=O) groups excluding carboxylic acids is 3. The largest absolute Gasteiger partial charge is 0.466 e. The first-order valence-corrected chi connectivity index (χ1v) is 12.9. The molecule has 36 heavy (non-hydrogen) atoms. The number of benzene rings is 1. The molecule has 3 rings (SSSR count). The number of ether oxygens (including phenoxy) is 1. The van der Waals surface area contributed by atoms with Crippen molar-refractivity contribution in [2.75, 3.05) is 32.8 Å². The standard InChI is InChI=1S/C28H39N3O5/c1-7-35-28(34)22-8-11-30(12-9-22)25(32)10-13-31(17-18(2)3)27(33)23-16-24(36-29-23)26-20(5)14-19(4)15-21(26)6/h14-16,18,22H,7-13,17H2,1-6H3. The van der Waals surface area contributed by atoms with Crippen molar-refractivity contribution >= 4 is 17.8 Å². The summed E-state index contributed by atoms with van der Waals surface area (Å²) >= 11 is 0. The minimum atomic E-state index is -0.241. The molecule has 2 aromatic rings. The minimum Gasteiger partial charge on any atom is -0.466 e. The van der Waals surface area contributed by atoms with Gasteiger partial charge >= 0.3 is 5.97 Å². The number of nitrogens with zero attached hydrogens (tertiary/aromatic N) is 3. The molecule has 8 nitrogen and oxygen atoms in total. The van der Waals surface area contributed by atoms with Crippen LogP contribution in [0.15, 0.2) is 22.7 Å². The minimum absolute atomic E-state index is 0.00869. The van der Waals surface area contributed by atoms with Gasteiger partial charge in [0.25, 0.3) is 5.91 Å². The van der Waals surface area contributed by atoms with E-state index in [4.69, 9.17) is 9.26 Å². The number of rotatable bonds is 9. The van der Waals surface area contributed by atoms with E-state index in [9.17, 15) is 14.4 Å². The summed E-state index contributed by atoms with van der Waals surface area (Å²) in [6, 6.07) is 5.86. The van der Waals surface area contributed by atoms with E-state index in [1.54, 1.807) is 22.8 Å². The molecular weight excluding hydrogens is 458 g/mol. The van der Waals surface area contributed by atoms with Gasteiger partial charge in [0.15, 0.2) is 11.5 Å². The number of carbonyl (C=O) groups is 3. The lowest BCUT2D eigenvalue weighted by Crippen LogP contribution is -2.43. The Morgan fingerprint density at radius 3 is 2.33 bits per heavy atom. The van der Waals surface area contributed by atoms with E-state index in [0.717, 1.165) is 16.7 Å². The molecule has 0 bridgehead atoms. The smallest absolute Gasteiger partial charge is 0.309 e. The van der Waals surface area contributed by atoms with Gasteiger partial charge in [-0.2, -0.15) is 0 Å². The maximum Gasteiger partial charge on any atom is 0.309 e. The average Bonchev–Trinajstić information content (AvgIpc) is 3.30. The van der Waals surface area contributed by atoms with Gasteiger partial charge in [0.1, 0.15) is 0 Å². The maximum atomic E-state index is 13.3. The molecule has 2 amide bonds. The number of aryl methyl sites for hydroxylation is 3. The molecule has 0 N–H and O–H groups in total. The molecular formula is C28H39N3O5. The zero-order valence-electron chi connectivity index (χ0n) is 22.4. The SMILES string of the molecule is CCOC(=O)C1CCN(C(=O)CCN(CC(C)C)C(=O)c2cc(-c3c(C)cc(C)cc3C)on2)CC1. The Kier molecular flexibility index (Phi) is 9.29. The molecule has 0 aliphatic carbocycles. The van der Waals surface area contributed by atoms with E-state index < -0.39 is 0 Å². The molecule has 2 heterocycles. The van der Waals surface area contributed by atoms with E-state index in [2.05, 4.69) is 17.3 Å². The summed E-state index contributed by atoms with van der Waals surface area (Å²) in [6.45, 7) is 14.2. The van der Waals surface area contributed by atoms with Crippen LogP contribution < -0.4 is 0 Å². The van der Waals surface area contributed by atoms with E-state index >= 15 is 0 Å². The second kappa shape index (κ2) is 12.2. The third-order valence-corrected chi connectivity index (χ3v) is 6.59. The number of amides is 2. The summed E-state index contributed by atoms with van der Waals surface area (Å²) in [4.78, 5) is 41.7. The number of hydrogen-bond acceptors (Lipinski definition) is 6. The topological polar surface area (TPSA) is 93.0 Å². The number of piperidine rings is 1. The predicted molar refractivity (Wildman–Crippen MR) is 137 cm³/mol. The van der Waals surface area contributed by atoms with Crippen LogP contribution in [0.3, 0.4) is 0 Å². The fraction of sp³-hybridized carbons (Fsp3) is 0.571. The van der Waals surface area contributed by atoms with Crippen LogP contribution in [0.1, 0.15) is 67.2 Å². The van der Waals surface area contributed by atoms with Crippen molar-refractivity contribution in [3.05, 3.63) is 40.6 Å². The Morgan fingerprint density at radius 2 is 1.75 bits per heavy atom. The molecule has 1 aromatic carbocycles. The van der Waals surface area contributed by atoms with Crippen LogP contribution >= 0.6 is 0 Å². The van der Waals surface area contributed by atoms with Gasteiger partial charge in [-0.05, 0) is 57.6 Å². The lowest BCUT2D eigenvalue weighted by atomic mass is 9.97. The van der Waals surface area contributed by atoms with Gasteiger partial charge in [0, 0.05) is 44.2 Å². The zero-order chi connectivity index (χ0) is 26.4. The highest BCUT2D eigenvalue weighted by Gasteiger charge is 2.29. The summed E-state index contributed by atoms with van der Waals surface area (Å²) in [5, 5.41) is 4.08. The van der Waals surface area contributed by atoms with Gasteiger partial charge in [-0.1, -0.05) is 36.7 Å². The van der Waals surface area contributed by atoms with Crippen LogP contribution in [0.25, 0.3) is 11.3 Å². The highest BCUT2D eigenvalue weighted by molar-refractivity contribution is 5.93. The lowest BCUT2D eigenvalue weighted by molar-refractivity contribution is -0.151. The maximum absolute atomic E-state index is 13.3. The molecule has 196 valence electrons. The monoisotopic (exact) mass is 497 g/mol. The second-order valence-electron chi connectivity index (χ2n) is 10.2. The zero-order valence-corrected chi connectivity index (χ0v) is 22.4. The summed E-state index contributed by atoms with van der Waals surface area (Å²) < 4.78 is 10.7. The van der Waals surface area contributed by atoms with Crippen molar-refractivity contribution in [3.8, 4) is 11.3 Å². The van der Waals surface area contributed by atoms with Gasteiger partial charge in [0.05, 0.1) is 12.5 Å². The first-order valence-electron chi connectivity index (χ1n) is 12.9. The van der Waals surface area contributed by atoms with E-state index in [-0.39, 0.29) is 41.7 Å². The van der Waals surface area contributed by atoms with Crippen molar-refractivity contribution in [3.63, 3.8) is 0 Å². The molecule has 1 aromatic heterocycles. The average molecular weight is 498 g/mol. The fourth-order valence-corrected chi connectivity index (χ4v) is 4.95. The number of likely N-dealkylation sites (tertiary alicyclic amines) is 1. The van der Waals surface area contributed by atoms with Crippen LogP contribution in [0.4, 0.5) is 0 Å². The highest BCUT2D eigenvalue weighted by Crippen LogP contribution is 2.29. The quantitative estimate of drug-likeness (QED) is 0.472. The molecule has 1 aliphatic rings. The Balaban J connectivity index is 1.64. The molecule has 0 atom stereocenters. The highest BCUT2D eigenvalue weighted by atomic mass is 16.5. The summed E-state index contributed by atoms with van der Waals surface area (Å²) in [5.74, 6) is 0.229. The van der Waals surface area contributed by atoms with Gasteiger partial charge in [-0.3, -0.25) is 14.4 Å². The van der Waals surface area contributed by atoms with Crippen molar-refractivity contribution in [1.82, 2.24) is 15.0 Å². The van der Waals surface area contributed by atoms with Crippen LogP contribution in [0, 0.1) is 32.6 Å². The Hall–Kier alpha value is -3.16. The molecule has 1 aliphatic heterocycles. The molecule has 8 heteroatoms. The van der Waals surface area contributed by atoms with Crippen molar-refractivity contribution < 1.29 is 23.6 Å². The summed E-state index contributed by atoms with van der Waals surface area (Å²) in [6.07, 6.45) is 1.45. The van der Waals surface area contributed by atoms with Crippen molar-refractivity contribution in [2.24, 2.45) is 11.8 Å². The molecule has 0 radical (unpaired) electrons. The van der Waals surface area contributed by atoms with E-state index in [1.165, 1.54) is 5.56 Å². The predicted octanol–water partition coefficient (Wildman–Crippen LogP) is 4.56. The third-order valence-electron chi connectivity index (χ3n) is 6.59. The summed E-state index contributed by atoms with van der Waals surface area (Å²) in [7, 11) is 0. The van der Waals surface area contributed by atoms with Crippen LogP contribution in [0.5, 0.6) is 0 Å². The van der Waals surface area contributed by atoms with Crippen molar-refractivity contribution in [2.45, 2.75) is 60.8 Å². The fourth-order valence-electron chi connectivity index (χ4n) is 4.95. The third kappa shape index (κ3) is 6.74. The number of aromatic nitrogens is 1. The second-order valence-corrected chi connectivity index (χ2v) is 10.2. The van der Waals surface area contributed by atoms with Crippen molar-refractivity contribution in [1.29, 1.82) is 0 Å². The molecule has 1 fully saturated rings. The van der Waals surface area contributed by atoms with Crippen LogP contribution in [-0.4, -0.2) is 65.5 Å². The summed E-state index contributed by atoms with van der Waals surface area (Å²) in [5.41, 5.74) is 4.50. The molecule has 1 saturated heterocycles. The number of esters is 1. The van der Waals surface area contributed by atoms with Gasteiger partial charge < -0.3 is 19.1 Å². The Bertz CT molecular complexity index is 1060. The normalized spacial score (nSPS) is 14.2. The first kappa shape index (κ1) is 27.4. The molecule has 0 saturated carbocycles. The van der Waals surface area contributed by atoms with Crippen LogP contribution in [-0.2, 0) is 14.3 Å². The van der Waals surface area contributed by atoms with E-state index in [0.29, 0.717) is 51.4 Å². The Morgan fingerprint density at radius 1 is 1.11 bits per heavy atom. The lowest BCUT2D eigenvalue weighted by Gasteiger charge is -2.32. The van der Waals surface area contributed by atoms with Gasteiger partial charge in [0.2, 0.25) is 5.91 Å². The Labute approximate surface area is 213 Å². The van der Waals surface area contributed by atoms with E-state index in [1.807, 2.05) is 34.6 Å². The van der Waals surface area contributed by atoms with Gasteiger partial charge in [-0.25, -0.2) is 0 Å². The molecule has 0 unspecified atom stereocenters.